The summed E-state index contributed by atoms with van der Waals surface area (Å²) in [5, 5.41) is 40.4. The second kappa shape index (κ2) is 12.4. The van der Waals surface area contributed by atoms with Gasteiger partial charge in [-0.25, -0.2) is 0 Å². The standard InChI is InChI=1S/C15H22N6O2S2.Cu/c1-9(18-20-14(24)16-3)10(2)19-21-15(25)17-7-6-11-4-5-12(22)13(23)8-11;/h4-5,8,22-23H,6-7H2,1-3H3,(H2,16,20,24)(H2,17,21,25);/q;+2/p-2. The Balaban J connectivity index is 0.00000625. The number of aromatic hydroxyl groups is 2. The van der Waals surface area contributed by atoms with Crippen molar-refractivity contribution in [1.82, 2.24) is 10.6 Å². The molecule has 0 spiro atoms. The van der Waals surface area contributed by atoms with Crippen molar-refractivity contribution in [2.24, 2.45) is 20.4 Å². The molecule has 26 heavy (non-hydrogen) atoms. The van der Waals surface area contributed by atoms with Gasteiger partial charge in [0.1, 0.15) is 0 Å². The molecular formula is C15H20CuN6O2S2. The third-order valence-electron chi connectivity index (χ3n) is 3.05. The molecule has 145 valence electrons. The van der Waals surface area contributed by atoms with Crippen LogP contribution < -0.4 is 10.6 Å². The van der Waals surface area contributed by atoms with E-state index in [1.165, 1.54) is 12.1 Å². The molecule has 0 aliphatic heterocycles. The van der Waals surface area contributed by atoms with E-state index >= 15 is 0 Å². The molecule has 0 saturated heterocycles. The molecule has 1 radical (unpaired) electrons. The molecule has 8 nitrogen and oxygen atoms in total. The van der Waals surface area contributed by atoms with E-state index in [2.05, 4.69) is 31.0 Å². The Labute approximate surface area is 174 Å². The van der Waals surface area contributed by atoms with E-state index in [-0.39, 0.29) is 38.9 Å². The first-order valence-electron chi connectivity index (χ1n) is 7.35. The average molecular weight is 444 g/mol. The normalized spacial score (nSPS) is 13.2. The molecule has 1 aromatic rings. The Bertz CT molecular complexity index is 722. The molecule has 1 aromatic carbocycles. The minimum atomic E-state index is -0.150. The van der Waals surface area contributed by atoms with E-state index in [9.17, 15) is 10.2 Å². The summed E-state index contributed by atoms with van der Waals surface area (Å²) in [5.41, 5.74) is 1.99. The van der Waals surface area contributed by atoms with Crippen molar-refractivity contribution in [3.05, 3.63) is 23.8 Å². The van der Waals surface area contributed by atoms with Gasteiger partial charge in [0.25, 0.3) is 0 Å². The van der Waals surface area contributed by atoms with Gasteiger partial charge in [-0.15, -0.1) is 0 Å². The van der Waals surface area contributed by atoms with Crippen molar-refractivity contribution in [3.8, 4) is 11.5 Å². The van der Waals surface area contributed by atoms with Gasteiger partial charge in [-0.2, -0.15) is 20.4 Å². The largest absolute Gasteiger partial charge is 2.00 e. The molecule has 0 heterocycles. The molecule has 0 unspecified atom stereocenters. The van der Waals surface area contributed by atoms with E-state index in [0.717, 1.165) is 5.56 Å². The van der Waals surface area contributed by atoms with Crippen LogP contribution in [0.1, 0.15) is 19.4 Å². The number of rotatable bonds is 6. The van der Waals surface area contributed by atoms with Crippen LogP contribution in [-0.2, 0) is 48.7 Å². The van der Waals surface area contributed by atoms with Crippen LogP contribution in [0.25, 0.3) is 0 Å². The topological polar surface area (TPSA) is 114 Å². The summed E-state index contributed by atoms with van der Waals surface area (Å²) in [4.78, 5) is 0. The number of hydrogen-bond donors (Lipinski definition) is 4. The fourth-order valence-corrected chi connectivity index (χ4v) is 1.69. The van der Waals surface area contributed by atoms with Crippen molar-refractivity contribution in [2.45, 2.75) is 20.3 Å². The summed E-state index contributed by atoms with van der Waals surface area (Å²) in [7, 11) is 1.66. The average Bonchev–Trinajstić information content (AvgIpc) is 2.60. The van der Waals surface area contributed by atoms with E-state index in [1.807, 2.05) is 0 Å². The van der Waals surface area contributed by atoms with Crippen LogP contribution in [0.4, 0.5) is 0 Å². The van der Waals surface area contributed by atoms with Crippen molar-refractivity contribution >= 4 is 47.0 Å². The van der Waals surface area contributed by atoms with Gasteiger partial charge in [0.05, 0.1) is 11.4 Å². The van der Waals surface area contributed by atoms with Crippen LogP contribution in [-0.4, -0.2) is 45.6 Å². The van der Waals surface area contributed by atoms with E-state index in [1.54, 1.807) is 27.0 Å². The molecule has 4 N–H and O–H groups in total. The zero-order chi connectivity index (χ0) is 18.8. The molecule has 0 bridgehead atoms. The number of nitrogens with zero attached hydrogens (tertiary/aromatic N) is 4. The van der Waals surface area contributed by atoms with Crippen LogP contribution in [0.5, 0.6) is 11.5 Å². The van der Waals surface area contributed by atoms with Gasteiger partial charge in [-0.05, 0) is 48.3 Å². The molecule has 1 rings (SSSR count). The predicted octanol–water partition coefficient (Wildman–Crippen LogP) is 1.00. The Hall–Kier alpha value is -1.94. The minimum absolute atomic E-state index is 0. The number of phenolic OH excluding ortho intramolecular Hbond substituents is 2. The summed E-state index contributed by atoms with van der Waals surface area (Å²) in [5.74, 6) is -0.297. The van der Waals surface area contributed by atoms with E-state index in [0.29, 0.717) is 24.4 Å². The minimum Gasteiger partial charge on any atom is -0.741 e. The first-order chi connectivity index (χ1) is 11.8. The third kappa shape index (κ3) is 8.95. The smallest absolute Gasteiger partial charge is 0.741 e. The summed E-state index contributed by atoms with van der Waals surface area (Å²) >= 11 is 9.94. The van der Waals surface area contributed by atoms with Crippen LogP contribution in [0.15, 0.2) is 38.6 Å². The molecule has 0 amide bonds. The van der Waals surface area contributed by atoms with Gasteiger partial charge in [0, 0.05) is 13.6 Å². The number of nitrogens with one attached hydrogen (secondary N) is 2. The molecular weight excluding hydrogens is 424 g/mol. The van der Waals surface area contributed by atoms with E-state index < -0.39 is 0 Å². The van der Waals surface area contributed by atoms with E-state index in [4.69, 9.17) is 25.3 Å². The zero-order valence-corrected chi connectivity index (χ0v) is 17.0. The molecule has 11 heteroatoms. The van der Waals surface area contributed by atoms with Gasteiger partial charge in [-0.1, -0.05) is 6.07 Å². The number of phenols is 2. The van der Waals surface area contributed by atoms with Crippen molar-refractivity contribution in [1.29, 1.82) is 0 Å². The van der Waals surface area contributed by atoms with Gasteiger partial charge in [-0.3, -0.25) is 0 Å². The van der Waals surface area contributed by atoms with Crippen LogP contribution in [0.2, 0.25) is 0 Å². The molecule has 0 atom stereocenters. The summed E-state index contributed by atoms with van der Waals surface area (Å²) in [6, 6.07) is 4.66. The Morgan fingerprint density at radius 2 is 1.54 bits per heavy atom. The molecule has 0 fully saturated rings. The number of hydrogen-bond acceptors (Lipinski definition) is 8. The zero-order valence-electron chi connectivity index (χ0n) is 14.4. The van der Waals surface area contributed by atoms with Gasteiger partial charge in [0.15, 0.2) is 11.5 Å². The maximum atomic E-state index is 9.44. The summed E-state index contributed by atoms with van der Waals surface area (Å²) in [6.07, 6.45) is 0.604. The van der Waals surface area contributed by atoms with Crippen LogP contribution in [0, 0.1) is 0 Å². The predicted molar refractivity (Wildman–Crippen MR) is 106 cm³/mol. The first kappa shape index (κ1) is 24.1. The summed E-state index contributed by atoms with van der Waals surface area (Å²) < 4.78 is 0. The molecule has 0 aromatic heterocycles. The fourth-order valence-electron chi connectivity index (χ4n) is 1.51. The Kier molecular flexibility index (Phi) is 11.5. The second-order valence-electron chi connectivity index (χ2n) is 4.93. The van der Waals surface area contributed by atoms with Gasteiger partial charge < -0.3 is 46.1 Å². The first-order valence-corrected chi connectivity index (χ1v) is 8.16. The number of benzene rings is 1. The van der Waals surface area contributed by atoms with Crippen molar-refractivity contribution in [2.75, 3.05) is 13.6 Å². The molecule has 0 saturated carbocycles. The van der Waals surface area contributed by atoms with Crippen molar-refractivity contribution < 1.29 is 27.3 Å². The maximum absolute atomic E-state index is 9.44. The summed E-state index contributed by atoms with van der Waals surface area (Å²) in [6.45, 7) is 3.99. The van der Waals surface area contributed by atoms with Gasteiger partial charge in [0.2, 0.25) is 0 Å². The second-order valence-corrected chi connectivity index (χ2v) is 5.70. The molecule has 0 aliphatic carbocycles. The SMILES string of the molecule is CNC([S-])=NN=C(C)C(C)=NN=C([S-])NCCc1ccc(O)c(O)c1.[Cu+2]. The van der Waals surface area contributed by atoms with Gasteiger partial charge >= 0.3 is 17.1 Å². The van der Waals surface area contributed by atoms with Crippen LogP contribution >= 0.6 is 0 Å². The molecule has 0 aliphatic rings. The fraction of sp³-hybridized carbons (Fsp3) is 0.333. The van der Waals surface area contributed by atoms with Crippen molar-refractivity contribution in [3.63, 3.8) is 0 Å². The quantitative estimate of drug-likeness (QED) is 0.130. The Morgan fingerprint density at radius 1 is 0.962 bits per heavy atom. The third-order valence-corrected chi connectivity index (χ3v) is 3.56. The van der Waals surface area contributed by atoms with Crippen LogP contribution in [0.3, 0.4) is 0 Å². The number of amidine groups is 2. The Morgan fingerprint density at radius 3 is 2.08 bits per heavy atom. The maximum Gasteiger partial charge on any atom is 2.00 e. The monoisotopic (exact) mass is 443 g/mol.